The van der Waals surface area contributed by atoms with Crippen LogP contribution in [-0.2, 0) is 19.0 Å². The summed E-state index contributed by atoms with van der Waals surface area (Å²) in [6, 6.07) is 8.45. The van der Waals surface area contributed by atoms with Crippen molar-refractivity contribution in [2.24, 2.45) is 7.05 Å². The second kappa shape index (κ2) is 4.76. The van der Waals surface area contributed by atoms with Gasteiger partial charge in [0.2, 0.25) is 0 Å². The number of tetrazole rings is 1. The molecule has 0 aliphatic rings. The van der Waals surface area contributed by atoms with Crippen molar-refractivity contribution in [3.8, 4) is 0 Å². The number of rotatable bonds is 3. The van der Waals surface area contributed by atoms with Crippen molar-refractivity contribution in [2.45, 2.75) is 32.7 Å². The summed E-state index contributed by atoms with van der Waals surface area (Å²) < 4.78 is 0. The third-order valence-electron chi connectivity index (χ3n) is 2.75. The Balaban J connectivity index is 1.98. The summed E-state index contributed by atoms with van der Waals surface area (Å²) in [5.74, 6) is 0.692. The van der Waals surface area contributed by atoms with E-state index in [0.29, 0.717) is 12.4 Å². The summed E-state index contributed by atoms with van der Waals surface area (Å²) >= 11 is 0. The van der Waals surface area contributed by atoms with Crippen molar-refractivity contribution >= 4 is 5.69 Å². The van der Waals surface area contributed by atoms with E-state index < -0.39 is 0 Å². The van der Waals surface area contributed by atoms with Crippen LogP contribution in [-0.4, -0.2) is 20.2 Å². The fraction of sp³-hybridized carbons (Fsp3) is 0.462. The van der Waals surface area contributed by atoms with Gasteiger partial charge in [0.1, 0.15) is 0 Å². The van der Waals surface area contributed by atoms with Gasteiger partial charge in [-0.15, -0.1) is 10.2 Å². The lowest BCUT2D eigenvalue weighted by Gasteiger charge is -2.19. The number of nitrogens with zero attached hydrogens (tertiary/aromatic N) is 4. The molecule has 18 heavy (non-hydrogen) atoms. The molecule has 1 aromatic heterocycles. The Morgan fingerprint density at radius 3 is 2.33 bits per heavy atom. The molecule has 0 atom stereocenters. The Labute approximate surface area is 107 Å². The minimum Gasteiger partial charge on any atom is -0.378 e. The van der Waals surface area contributed by atoms with Gasteiger partial charge < -0.3 is 5.32 Å². The first-order valence-corrected chi connectivity index (χ1v) is 6.02. The lowest BCUT2D eigenvalue weighted by atomic mass is 9.87. The number of aromatic nitrogens is 4. The van der Waals surface area contributed by atoms with Gasteiger partial charge in [-0.2, -0.15) is 4.80 Å². The van der Waals surface area contributed by atoms with E-state index in [2.05, 4.69) is 65.8 Å². The molecule has 5 nitrogen and oxygen atoms in total. The van der Waals surface area contributed by atoms with Crippen molar-refractivity contribution in [1.29, 1.82) is 0 Å². The van der Waals surface area contributed by atoms with Gasteiger partial charge in [-0.25, -0.2) is 0 Å². The smallest absolute Gasteiger partial charge is 0.193 e. The number of nitrogens with one attached hydrogen (secondary N) is 1. The van der Waals surface area contributed by atoms with Gasteiger partial charge in [-0.05, 0) is 28.3 Å². The Hall–Kier alpha value is -1.91. The third-order valence-corrected chi connectivity index (χ3v) is 2.75. The highest BCUT2D eigenvalue weighted by Crippen LogP contribution is 2.23. The minimum absolute atomic E-state index is 0.186. The zero-order chi connectivity index (χ0) is 13.2. The molecule has 1 aromatic carbocycles. The highest BCUT2D eigenvalue weighted by Gasteiger charge is 2.12. The molecule has 1 heterocycles. The molecule has 0 fully saturated rings. The maximum Gasteiger partial charge on any atom is 0.193 e. The molecule has 0 amide bonds. The molecule has 0 saturated carbocycles. The molecule has 96 valence electrons. The van der Waals surface area contributed by atoms with Gasteiger partial charge in [-0.3, -0.25) is 0 Å². The lowest BCUT2D eigenvalue weighted by molar-refractivity contribution is 0.590. The van der Waals surface area contributed by atoms with Gasteiger partial charge in [-0.1, -0.05) is 32.9 Å². The lowest BCUT2D eigenvalue weighted by Crippen LogP contribution is -2.11. The van der Waals surface area contributed by atoms with Crippen molar-refractivity contribution in [1.82, 2.24) is 20.2 Å². The Morgan fingerprint density at radius 1 is 1.17 bits per heavy atom. The summed E-state index contributed by atoms with van der Waals surface area (Å²) in [5.41, 5.74) is 2.58. The van der Waals surface area contributed by atoms with Crippen LogP contribution in [0.1, 0.15) is 32.2 Å². The first-order valence-electron chi connectivity index (χ1n) is 6.02. The van der Waals surface area contributed by atoms with Crippen LogP contribution in [0, 0.1) is 0 Å². The summed E-state index contributed by atoms with van der Waals surface area (Å²) in [4.78, 5) is 1.46. The van der Waals surface area contributed by atoms with Gasteiger partial charge >= 0.3 is 0 Å². The maximum absolute atomic E-state index is 4.11. The number of benzene rings is 1. The molecule has 0 aliphatic heterocycles. The largest absolute Gasteiger partial charge is 0.378 e. The van der Waals surface area contributed by atoms with Crippen LogP contribution in [0.4, 0.5) is 5.69 Å². The molecule has 0 radical (unpaired) electrons. The summed E-state index contributed by atoms with van der Waals surface area (Å²) in [6.07, 6.45) is 0. The van der Waals surface area contributed by atoms with E-state index in [1.165, 1.54) is 10.4 Å². The number of hydrogen-bond donors (Lipinski definition) is 1. The molecule has 0 unspecified atom stereocenters. The zero-order valence-corrected chi connectivity index (χ0v) is 11.3. The minimum atomic E-state index is 0.186. The van der Waals surface area contributed by atoms with Gasteiger partial charge in [0.25, 0.3) is 0 Å². The Morgan fingerprint density at radius 2 is 1.83 bits per heavy atom. The topological polar surface area (TPSA) is 55.6 Å². The van der Waals surface area contributed by atoms with Crippen LogP contribution >= 0.6 is 0 Å². The SMILES string of the molecule is Cn1nnc(CNc2ccc(C(C)(C)C)cc2)n1. The van der Waals surface area contributed by atoms with Crippen molar-refractivity contribution in [3.63, 3.8) is 0 Å². The van der Waals surface area contributed by atoms with E-state index in [-0.39, 0.29) is 5.41 Å². The molecule has 2 aromatic rings. The summed E-state index contributed by atoms with van der Waals surface area (Å²) in [5, 5.41) is 15.1. The highest BCUT2D eigenvalue weighted by atomic mass is 15.6. The molecular weight excluding hydrogens is 226 g/mol. The van der Waals surface area contributed by atoms with E-state index in [0.717, 1.165) is 5.69 Å². The fourth-order valence-electron chi connectivity index (χ4n) is 1.66. The number of aryl methyl sites for hydroxylation is 1. The van der Waals surface area contributed by atoms with Crippen LogP contribution in [0.3, 0.4) is 0 Å². The fourth-order valence-corrected chi connectivity index (χ4v) is 1.66. The average Bonchev–Trinajstić information content (AvgIpc) is 2.72. The number of anilines is 1. The van der Waals surface area contributed by atoms with Crippen LogP contribution < -0.4 is 5.32 Å². The maximum atomic E-state index is 4.11. The predicted molar refractivity (Wildman–Crippen MR) is 71.3 cm³/mol. The van der Waals surface area contributed by atoms with Crippen LogP contribution in [0.5, 0.6) is 0 Å². The summed E-state index contributed by atoms with van der Waals surface area (Å²) in [6.45, 7) is 7.21. The Kier molecular flexibility index (Phi) is 3.32. The molecular formula is C13H19N5. The predicted octanol–water partition coefficient (Wildman–Crippen LogP) is 2.12. The second-order valence-corrected chi connectivity index (χ2v) is 5.38. The molecule has 1 N–H and O–H groups in total. The first kappa shape index (κ1) is 12.5. The highest BCUT2D eigenvalue weighted by molar-refractivity contribution is 5.45. The normalized spacial score (nSPS) is 11.6. The van der Waals surface area contributed by atoms with E-state index in [1.807, 2.05) is 0 Å². The quantitative estimate of drug-likeness (QED) is 0.900. The summed E-state index contributed by atoms with van der Waals surface area (Å²) in [7, 11) is 1.76. The second-order valence-electron chi connectivity index (χ2n) is 5.38. The van der Waals surface area contributed by atoms with Crippen molar-refractivity contribution < 1.29 is 0 Å². The average molecular weight is 245 g/mol. The molecule has 0 aliphatic carbocycles. The Bertz CT molecular complexity index is 507. The van der Waals surface area contributed by atoms with Crippen LogP contribution in [0.2, 0.25) is 0 Å². The monoisotopic (exact) mass is 245 g/mol. The van der Waals surface area contributed by atoms with Crippen LogP contribution in [0.15, 0.2) is 24.3 Å². The van der Waals surface area contributed by atoms with E-state index >= 15 is 0 Å². The zero-order valence-electron chi connectivity index (χ0n) is 11.3. The standard InChI is InChI=1S/C13H19N5/c1-13(2,3)10-5-7-11(8-6-10)14-9-12-15-17-18(4)16-12/h5-8,14H,9H2,1-4H3. The van der Waals surface area contributed by atoms with Gasteiger partial charge in [0.05, 0.1) is 13.6 Å². The van der Waals surface area contributed by atoms with Crippen LogP contribution in [0.25, 0.3) is 0 Å². The molecule has 0 saturated heterocycles. The molecule has 0 bridgehead atoms. The number of hydrogen-bond acceptors (Lipinski definition) is 4. The van der Waals surface area contributed by atoms with Gasteiger partial charge in [0.15, 0.2) is 5.82 Å². The first-order chi connectivity index (χ1) is 8.45. The van der Waals surface area contributed by atoms with Crippen molar-refractivity contribution in [2.75, 3.05) is 5.32 Å². The van der Waals surface area contributed by atoms with Crippen molar-refractivity contribution in [3.05, 3.63) is 35.7 Å². The van der Waals surface area contributed by atoms with E-state index in [1.54, 1.807) is 7.05 Å². The molecule has 0 spiro atoms. The third kappa shape index (κ3) is 3.06. The van der Waals surface area contributed by atoms with E-state index in [9.17, 15) is 0 Å². The molecule has 5 heteroatoms. The van der Waals surface area contributed by atoms with E-state index in [4.69, 9.17) is 0 Å². The van der Waals surface area contributed by atoms with Gasteiger partial charge in [0, 0.05) is 5.69 Å². The molecule has 2 rings (SSSR count).